The van der Waals surface area contributed by atoms with Gasteiger partial charge in [0, 0.05) is 29.8 Å². The van der Waals surface area contributed by atoms with Gasteiger partial charge in [-0.1, -0.05) is 30.3 Å². The molecule has 1 aromatic heterocycles. The molecule has 0 radical (unpaired) electrons. The molecule has 0 atom stereocenters. The number of carbonyl (C=O) groups excluding carboxylic acids is 3. The Hall–Kier alpha value is -3.54. The van der Waals surface area contributed by atoms with Gasteiger partial charge in [0.25, 0.3) is 0 Å². The lowest BCUT2D eigenvalue weighted by molar-refractivity contribution is -0.120. The second-order valence-corrected chi connectivity index (χ2v) is 6.14. The zero-order chi connectivity index (χ0) is 19.4. The normalized spacial score (nSPS) is 10.4. The Morgan fingerprint density at radius 2 is 1.74 bits per heavy atom. The third-order valence-corrected chi connectivity index (χ3v) is 4.15. The number of amides is 2. The number of fused-ring (bicyclic) bond motifs is 1. The first-order valence-corrected chi connectivity index (χ1v) is 8.48. The number of hydrogen-bond acceptors (Lipinski definition) is 4. The molecule has 0 saturated heterocycles. The molecule has 0 spiro atoms. The SMILES string of the molecule is CC(=O)c1cccc(N(CC(=O)Nc2cccc3cccnc23)C(C)=O)c1. The molecule has 27 heavy (non-hydrogen) atoms. The lowest BCUT2D eigenvalue weighted by atomic mass is 10.1. The zero-order valence-electron chi connectivity index (χ0n) is 15.1. The molecule has 3 rings (SSSR count). The van der Waals surface area contributed by atoms with E-state index in [1.54, 1.807) is 36.5 Å². The van der Waals surface area contributed by atoms with Crippen LogP contribution in [0.15, 0.2) is 60.8 Å². The first-order valence-electron chi connectivity index (χ1n) is 8.48. The Bertz CT molecular complexity index is 1020. The third kappa shape index (κ3) is 4.17. The van der Waals surface area contributed by atoms with E-state index in [1.807, 2.05) is 24.3 Å². The Morgan fingerprint density at radius 1 is 1.00 bits per heavy atom. The minimum absolute atomic E-state index is 0.105. The van der Waals surface area contributed by atoms with E-state index in [1.165, 1.54) is 18.7 Å². The molecule has 136 valence electrons. The molecule has 2 amide bonds. The van der Waals surface area contributed by atoms with Crippen LogP contribution in [0.25, 0.3) is 10.9 Å². The fourth-order valence-corrected chi connectivity index (χ4v) is 2.82. The molecule has 6 nitrogen and oxygen atoms in total. The molecule has 2 aromatic carbocycles. The number of anilines is 2. The van der Waals surface area contributed by atoms with Crippen LogP contribution in [0.1, 0.15) is 24.2 Å². The molecule has 0 unspecified atom stereocenters. The topological polar surface area (TPSA) is 79.4 Å². The molecule has 0 saturated carbocycles. The summed E-state index contributed by atoms with van der Waals surface area (Å²) in [5.41, 5.74) is 2.25. The number of hydrogen-bond donors (Lipinski definition) is 1. The van der Waals surface area contributed by atoms with Gasteiger partial charge in [0.2, 0.25) is 11.8 Å². The summed E-state index contributed by atoms with van der Waals surface area (Å²) in [6.45, 7) is 2.67. The van der Waals surface area contributed by atoms with Crippen LogP contribution < -0.4 is 10.2 Å². The number of nitrogens with zero attached hydrogens (tertiary/aromatic N) is 2. The number of carbonyl (C=O) groups is 3. The summed E-state index contributed by atoms with van der Waals surface area (Å²) in [6, 6.07) is 15.9. The maximum absolute atomic E-state index is 12.6. The molecular formula is C21H19N3O3. The number of nitrogens with one attached hydrogen (secondary N) is 1. The number of Topliss-reactive ketones (excluding diaryl/α,β-unsaturated/α-hetero) is 1. The highest BCUT2D eigenvalue weighted by molar-refractivity contribution is 6.05. The van der Waals surface area contributed by atoms with Gasteiger partial charge in [0.15, 0.2) is 5.78 Å². The fraction of sp³-hybridized carbons (Fsp3) is 0.143. The summed E-state index contributed by atoms with van der Waals surface area (Å²) >= 11 is 0. The maximum atomic E-state index is 12.6. The van der Waals surface area contributed by atoms with Crippen molar-refractivity contribution in [1.82, 2.24) is 4.98 Å². The van der Waals surface area contributed by atoms with Gasteiger partial charge in [0.1, 0.15) is 6.54 Å². The summed E-state index contributed by atoms with van der Waals surface area (Å²) < 4.78 is 0. The smallest absolute Gasteiger partial charge is 0.244 e. The molecule has 1 N–H and O–H groups in total. The molecular weight excluding hydrogens is 342 g/mol. The van der Waals surface area contributed by atoms with Gasteiger partial charge in [0.05, 0.1) is 11.2 Å². The van der Waals surface area contributed by atoms with E-state index in [-0.39, 0.29) is 24.1 Å². The summed E-state index contributed by atoms with van der Waals surface area (Å²) in [6.07, 6.45) is 1.66. The van der Waals surface area contributed by atoms with Gasteiger partial charge >= 0.3 is 0 Å². The number of aromatic nitrogens is 1. The van der Waals surface area contributed by atoms with Crippen molar-refractivity contribution < 1.29 is 14.4 Å². The lowest BCUT2D eigenvalue weighted by Gasteiger charge is -2.21. The van der Waals surface area contributed by atoms with Gasteiger partial charge < -0.3 is 10.2 Å². The van der Waals surface area contributed by atoms with E-state index in [4.69, 9.17) is 0 Å². The Kier molecular flexibility index (Phi) is 5.26. The molecule has 1 heterocycles. The van der Waals surface area contributed by atoms with Gasteiger partial charge in [-0.2, -0.15) is 0 Å². The third-order valence-electron chi connectivity index (χ3n) is 4.15. The van der Waals surface area contributed by atoms with E-state index < -0.39 is 0 Å². The van der Waals surface area contributed by atoms with Crippen molar-refractivity contribution in [1.29, 1.82) is 0 Å². The summed E-state index contributed by atoms with van der Waals surface area (Å²) in [5, 5.41) is 3.73. The molecule has 0 aliphatic carbocycles. The average Bonchev–Trinajstić information content (AvgIpc) is 2.66. The van der Waals surface area contributed by atoms with E-state index in [2.05, 4.69) is 10.3 Å². The van der Waals surface area contributed by atoms with Gasteiger partial charge in [-0.25, -0.2) is 0 Å². The fourth-order valence-electron chi connectivity index (χ4n) is 2.82. The van der Waals surface area contributed by atoms with Crippen LogP contribution in [0, 0.1) is 0 Å². The Balaban J connectivity index is 1.83. The predicted octanol–water partition coefficient (Wildman–Crippen LogP) is 3.43. The first kappa shape index (κ1) is 18.3. The quantitative estimate of drug-likeness (QED) is 0.706. The minimum Gasteiger partial charge on any atom is -0.323 e. The molecule has 0 bridgehead atoms. The number of para-hydroxylation sites is 1. The largest absolute Gasteiger partial charge is 0.323 e. The molecule has 0 aliphatic heterocycles. The highest BCUT2D eigenvalue weighted by Gasteiger charge is 2.17. The summed E-state index contributed by atoms with van der Waals surface area (Å²) in [5.74, 6) is -0.745. The van der Waals surface area contributed by atoms with Crippen molar-refractivity contribution >= 4 is 39.9 Å². The van der Waals surface area contributed by atoms with Crippen LogP contribution in [0.2, 0.25) is 0 Å². The van der Waals surface area contributed by atoms with Crippen molar-refractivity contribution in [2.75, 3.05) is 16.8 Å². The van der Waals surface area contributed by atoms with Crippen molar-refractivity contribution in [3.63, 3.8) is 0 Å². The zero-order valence-corrected chi connectivity index (χ0v) is 15.1. The van der Waals surface area contributed by atoms with Crippen LogP contribution in [-0.4, -0.2) is 29.1 Å². The monoisotopic (exact) mass is 361 g/mol. The highest BCUT2D eigenvalue weighted by Crippen LogP contribution is 2.21. The predicted molar refractivity (Wildman–Crippen MR) is 105 cm³/mol. The van der Waals surface area contributed by atoms with Crippen molar-refractivity contribution in [3.8, 4) is 0 Å². The maximum Gasteiger partial charge on any atom is 0.244 e. The number of rotatable bonds is 5. The molecule has 0 fully saturated rings. The summed E-state index contributed by atoms with van der Waals surface area (Å²) in [7, 11) is 0. The number of benzene rings is 2. The van der Waals surface area contributed by atoms with Crippen LogP contribution in [0.5, 0.6) is 0 Å². The number of ketones is 1. The average molecular weight is 361 g/mol. The second-order valence-electron chi connectivity index (χ2n) is 6.14. The minimum atomic E-state index is -0.350. The van der Waals surface area contributed by atoms with Crippen LogP contribution in [-0.2, 0) is 9.59 Å². The van der Waals surface area contributed by atoms with Crippen LogP contribution in [0.4, 0.5) is 11.4 Å². The van der Waals surface area contributed by atoms with E-state index >= 15 is 0 Å². The molecule has 0 aliphatic rings. The van der Waals surface area contributed by atoms with Crippen LogP contribution >= 0.6 is 0 Å². The van der Waals surface area contributed by atoms with Crippen molar-refractivity contribution in [2.24, 2.45) is 0 Å². The van der Waals surface area contributed by atoms with Crippen molar-refractivity contribution in [3.05, 3.63) is 66.4 Å². The lowest BCUT2D eigenvalue weighted by Crippen LogP contribution is -2.36. The number of pyridine rings is 1. The van der Waals surface area contributed by atoms with Crippen molar-refractivity contribution in [2.45, 2.75) is 13.8 Å². The highest BCUT2D eigenvalue weighted by atomic mass is 16.2. The van der Waals surface area contributed by atoms with Crippen LogP contribution in [0.3, 0.4) is 0 Å². The Labute approximate surface area is 156 Å². The molecule has 6 heteroatoms. The Morgan fingerprint density at radius 3 is 2.48 bits per heavy atom. The standard InChI is InChI=1S/C21H19N3O3/c1-14(25)17-7-3-9-18(12-17)24(15(2)26)13-20(27)23-19-10-4-6-16-8-5-11-22-21(16)19/h3-12H,13H2,1-2H3,(H,23,27). The van der Waals surface area contributed by atoms with E-state index in [0.29, 0.717) is 22.5 Å². The van der Waals surface area contributed by atoms with Gasteiger partial charge in [-0.05, 0) is 31.2 Å². The van der Waals surface area contributed by atoms with E-state index in [9.17, 15) is 14.4 Å². The molecule has 3 aromatic rings. The van der Waals surface area contributed by atoms with Gasteiger partial charge in [-0.3, -0.25) is 19.4 Å². The summed E-state index contributed by atoms with van der Waals surface area (Å²) in [4.78, 5) is 41.9. The first-order chi connectivity index (χ1) is 13.0. The van der Waals surface area contributed by atoms with E-state index in [0.717, 1.165) is 5.39 Å². The second kappa shape index (κ2) is 7.78. The van der Waals surface area contributed by atoms with Gasteiger partial charge in [-0.15, -0.1) is 0 Å².